The summed E-state index contributed by atoms with van der Waals surface area (Å²) in [5.41, 5.74) is 3.55. The number of hydrogen-bond acceptors (Lipinski definition) is 5. The van der Waals surface area contributed by atoms with Crippen LogP contribution in [-0.4, -0.2) is 31.2 Å². The Kier molecular flexibility index (Phi) is 6.77. The number of aryl methyl sites for hydroxylation is 1. The van der Waals surface area contributed by atoms with Crippen molar-refractivity contribution in [3.05, 3.63) is 59.2 Å². The lowest BCUT2D eigenvalue weighted by Crippen LogP contribution is -2.30. The van der Waals surface area contributed by atoms with E-state index in [4.69, 9.17) is 14.2 Å². The zero-order valence-corrected chi connectivity index (χ0v) is 17.7. The van der Waals surface area contributed by atoms with Crippen molar-refractivity contribution in [2.24, 2.45) is 0 Å². The number of nitrogens with one attached hydrogen (secondary N) is 1. The summed E-state index contributed by atoms with van der Waals surface area (Å²) in [6, 6.07) is 11.3. The summed E-state index contributed by atoms with van der Waals surface area (Å²) >= 11 is 0. The second kappa shape index (κ2) is 9.48. The van der Waals surface area contributed by atoms with Gasteiger partial charge in [0.15, 0.2) is 17.6 Å². The molecule has 0 bridgehead atoms. The van der Waals surface area contributed by atoms with E-state index in [1.807, 2.05) is 31.2 Å². The van der Waals surface area contributed by atoms with Crippen LogP contribution in [-0.2, 0) is 14.3 Å². The average Bonchev–Trinajstić information content (AvgIpc) is 2.73. The van der Waals surface area contributed by atoms with Crippen LogP contribution in [0.2, 0.25) is 0 Å². The van der Waals surface area contributed by atoms with Gasteiger partial charge in [-0.05, 0) is 54.7 Å². The van der Waals surface area contributed by atoms with Gasteiger partial charge < -0.3 is 19.5 Å². The Hall–Kier alpha value is -3.28. The van der Waals surface area contributed by atoms with Gasteiger partial charge in [0.25, 0.3) is 5.91 Å². The Balaban J connectivity index is 1.60. The van der Waals surface area contributed by atoms with Crippen LogP contribution in [0.1, 0.15) is 43.4 Å². The molecule has 0 radical (unpaired) electrons. The molecular weight excluding hydrogens is 382 g/mol. The third-order valence-electron chi connectivity index (χ3n) is 4.82. The number of anilines is 1. The SMILES string of the molecule is Cc1cccc(C(C)C)c1NC(=O)[C@@H](C)OC(=O)/C=C/c1ccc2c(c1)OCCO2. The first-order chi connectivity index (χ1) is 14.3. The van der Waals surface area contributed by atoms with Gasteiger partial charge in [-0.25, -0.2) is 4.79 Å². The van der Waals surface area contributed by atoms with Gasteiger partial charge in [-0.15, -0.1) is 0 Å². The summed E-state index contributed by atoms with van der Waals surface area (Å²) in [6.45, 7) is 8.64. The molecule has 3 rings (SSSR count). The van der Waals surface area contributed by atoms with Gasteiger partial charge >= 0.3 is 5.97 Å². The third kappa shape index (κ3) is 5.20. The van der Waals surface area contributed by atoms with Gasteiger partial charge in [0.05, 0.1) is 0 Å². The van der Waals surface area contributed by atoms with Crippen LogP contribution in [0.4, 0.5) is 5.69 Å². The topological polar surface area (TPSA) is 73.9 Å². The molecule has 1 N–H and O–H groups in total. The molecule has 0 unspecified atom stereocenters. The minimum Gasteiger partial charge on any atom is -0.486 e. The number of benzene rings is 2. The van der Waals surface area contributed by atoms with Crippen LogP contribution >= 0.6 is 0 Å². The highest BCUT2D eigenvalue weighted by Gasteiger charge is 2.19. The fourth-order valence-corrected chi connectivity index (χ4v) is 3.16. The van der Waals surface area contributed by atoms with Crippen LogP contribution in [0, 0.1) is 6.92 Å². The minimum atomic E-state index is -0.929. The number of carbonyl (C=O) groups is 2. The van der Waals surface area contributed by atoms with E-state index < -0.39 is 12.1 Å². The molecule has 2 aromatic carbocycles. The van der Waals surface area contributed by atoms with Crippen LogP contribution < -0.4 is 14.8 Å². The van der Waals surface area contributed by atoms with Gasteiger partial charge in [-0.1, -0.05) is 38.1 Å². The number of fused-ring (bicyclic) bond motifs is 1. The van der Waals surface area contributed by atoms with Crippen molar-refractivity contribution in [1.29, 1.82) is 0 Å². The van der Waals surface area contributed by atoms with Gasteiger partial charge in [-0.2, -0.15) is 0 Å². The fraction of sp³-hybridized carbons (Fsp3) is 0.333. The molecule has 6 heteroatoms. The van der Waals surface area contributed by atoms with E-state index >= 15 is 0 Å². The third-order valence-corrected chi connectivity index (χ3v) is 4.82. The minimum absolute atomic E-state index is 0.256. The van der Waals surface area contributed by atoms with Crippen molar-refractivity contribution in [3.63, 3.8) is 0 Å². The van der Waals surface area contributed by atoms with Crippen molar-refractivity contribution >= 4 is 23.6 Å². The number of rotatable bonds is 6. The lowest BCUT2D eigenvalue weighted by atomic mass is 9.98. The highest BCUT2D eigenvalue weighted by atomic mass is 16.6. The second-order valence-electron chi connectivity index (χ2n) is 7.50. The van der Waals surface area contributed by atoms with E-state index in [0.717, 1.165) is 22.4 Å². The molecule has 158 valence electrons. The smallest absolute Gasteiger partial charge is 0.331 e. The number of amides is 1. The zero-order chi connectivity index (χ0) is 21.7. The molecule has 30 heavy (non-hydrogen) atoms. The number of ether oxygens (including phenoxy) is 3. The Bertz CT molecular complexity index is 964. The van der Waals surface area contributed by atoms with Crippen LogP contribution in [0.3, 0.4) is 0 Å². The van der Waals surface area contributed by atoms with Gasteiger partial charge in [0, 0.05) is 11.8 Å². The standard InChI is InChI=1S/C24H27NO5/c1-15(2)19-7-5-6-16(3)23(19)25-24(27)17(4)30-22(26)11-9-18-8-10-20-21(14-18)29-13-12-28-20/h5-11,14-15,17H,12-13H2,1-4H3,(H,25,27)/b11-9+/t17-/m1/s1. The second-order valence-corrected chi connectivity index (χ2v) is 7.50. The molecular formula is C24H27NO5. The van der Waals surface area contributed by atoms with Crippen LogP contribution in [0.15, 0.2) is 42.5 Å². The summed E-state index contributed by atoms with van der Waals surface area (Å²) < 4.78 is 16.3. The molecule has 1 aliphatic rings. The summed E-state index contributed by atoms with van der Waals surface area (Å²) in [7, 11) is 0. The van der Waals surface area contributed by atoms with Crippen LogP contribution in [0.25, 0.3) is 6.08 Å². The monoisotopic (exact) mass is 409 g/mol. The van der Waals surface area contributed by atoms with Crippen molar-refractivity contribution < 1.29 is 23.8 Å². The van der Waals surface area contributed by atoms with E-state index in [-0.39, 0.29) is 11.8 Å². The molecule has 1 aliphatic heterocycles. The molecule has 0 saturated carbocycles. The number of para-hydroxylation sites is 1. The fourth-order valence-electron chi connectivity index (χ4n) is 3.16. The van der Waals surface area contributed by atoms with Crippen LogP contribution in [0.5, 0.6) is 11.5 Å². The Morgan fingerprint density at radius 3 is 2.53 bits per heavy atom. The average molecular weight is 409 g/mol. The lowest BCUT2D eigenvalue weighted by molar-refractivity contribution is -0.148. The van der Waals surface area contributed by atoms with Gasteiger partial charge in [0.2, 0.25) is 0 Å². The molecule has 1 amide bonds. The molecule has 6 nitrogen and oxygen atoms in total. The lowest BCUT2D eigenvalue weighted by Gasteiger charge is -2.19. The molecule has 0 saturated heterocycles. The molecule has 0 spiro atoms. The maximum atomic E-state index is 12.6. The predicted octanol–water partition coefficient (Wildman–Crippen LogP) is 4.47. The van der Waals surface area contributed by atoms with E-state index in [9.17, 15) is 9.59 Å². The normalized spacial score (nSPS) is 13.9. The summed E-state index contributed by atoms with van der Waals surface area (Å²) in [4.78, 5) is 24.7. The van der Waals surface area contributed by atoms with Gasteiger partial charge in [-0.3, -0.25) is 4.79 Å². The molecule has 1 atom stereocenters. The largest absolute Gasteiger partial charge is 0.486 e. The van der Waals surface area contributed by atoms with E-state index in [2.05, 4.69) is 19.2 Å². The highest BCUT2D eigenvalue weighted by Crippen LogP contribution is 2.31. The predicted molar refractivity (Wildman–Crippen MR) is 116 cm³/mol. The number of carbonyl (C=O) groups excluding carboxylic acids is 2. The Morgan fingerprint density at radius 2 is 1.80 bits per heavy atom. The molecule has 0 aliphatic carbocycles. The van der Waals surface area contributed by atoms with E-state index in [1.165, 1.54) is 6.08 Å². The number of hydrogen-bond donors (Lipinski definition) is 1. The van der Waals surface area contributed by atoms with E-state index in [0.29, 0.717) is 24.7 Å². The first-order valence-corrected chi connectivity index (χ1v) is 10.0. The maximum absolute atomic E-state index is 12.6. The molecule has 2 aromatic rings. The summed E-state index contributed by atoms with van der Waals surface area (Å²) in [5, 5.41) is 2.90. The zero-order valence-electron chi connectivity index (χ0n) is 17.7. The summed E-state index contributed by atoms with van der Waals surface area (Å²) in [6.07, 6.45) is 1.98. The van der Waals surface area contributed by atoms with Crippen molar-refractivity contribution in [1.82, 2.24) is 0 Å². The maximum Gasteiger partial charge on any atom is 0.331 e. The Morgan fingerprint density at radius 1 is 1.07 bits per heavy atom. The molecule has 0 aromatic heterocycles. The first-order valence-electron chi connectivity index (χ1n) is 10.0. The Labute approximate surface area is 176 Å². The number of esters is 1. The van der Waals surface area contributed by atoms with Crippen molar-refractivity contribution in [3.8, 4) is 11.5 Å². The first kappa shape index (κ1) is 21.4. The molecule has 1 heterocycles. The van der Waals surface area contributed by atoms with Gasteiger partial charge in [0.1, 0.15) is 13.2 Å². The molecule has 0 fully saturated rings. The summed E-state index contributed by atoms with van der Waals surface area (Å²) in [5.74, 6) is 0.618. The quantitative estimate of drug-likeness (QED) is 0.563. The van der Waals surface area contributed by atoms with Crippen molar-refractivity contribution in [2.45, 2.75) is 39.7 Å². The van der Waals surface area contributed by atoms with Crippen molar-refractivity contribution in [2.75, 3.05) is 18.5 Å². The van der Waals surface area contributed by atoms with E-state index in [1.54, 1.807) is 25.1 Å². The highest BCUT2D eigenvalue weighted by molar-refractivity contribution is 5.97.